The van der Waals surface area contributed by atoms with Crippen LogP contribution >= 0.6 is 0 Å². The van der Waals surface area contributed by atoms with Crippen molar-refractivity contribution in [2.75, 3.05) is 6.61 Å². The molecule has 2 rings (SSSR count). The molecule has 2 fully saturated rings. The van der Waals surface area contributed by atoms with E-state index in [2.05, 4.69) is 4.74 Å². The van der Waals surface area contributed by atoms with Gasteiger partial charge in [-0.25, -0.2) is 4.79 Å². The second-order valence-corrected chi connectivity index (χ2v) is 5.17. The number of carbonyl (C=O) groups is 2. The lowest BCUT2D eigenvalue weighted by Gasteiger charge is -2.35. The van der Waals surface area contributed by atoms with E-state index >= 15 is 0 Å². The van der Waals surface area contributed by atoms with E-state index in [4.69, 9.17) is 5.11 Å². The topological polar surface area (TPSA) is 63.6 Å². The standard InChI is InChI=1S/C11H16O4/c1-10-4-3-7(5-8(10)12)11(10,2)6-15-9(13)14/h7H,3-6H2,1-2H3,(H,13,14). The summed E-state index contributed by atoms with van der Waals surface area (Å²) in [7, 11) is 0. The quantitative estimate of drug-likeness (QED) is 0.712. The summed E-state index contributed by atoms with van der Waals surface area (Å²) in [6.07, 6.45) is 1.23. The molecule has 2 aliphatic carbocycles. The Morgan fingerprint density at radius 1 is 1.60 bits per heavy atom. The van der Waals surface area contributed by atoms with Crippen molar-refractivity contribution in [3.8, 4) is 0 Å². The highest BCUT2D eigenvalue weighted by Crippen LogP contribution is 2.63. The van der Waals surface area contributed by atoms with Gasteiger partial charge in [-0.05, 0) is 18.8 Å². The number of rotatable bonds is 2. The zero-order valence-electron chi connectivity index (χ0n) is 9.08. The first kappa shape index (κ1) is 10.5. The van der Waals surface area contributed by atoms with Crippen molar-refractivity contribution < 1.29 is 19.4 Å². The summed E-state index contributed by atoms with van der Waals surface area (Å²) in [5, 5.41) is 8.52. The molecule has 4 nitrogen and oxygen atoms in total. The lowest BCUT2D eigenvalue weighted by atomic mass is 9.69. The van der Waals surface area contributed by atoms with Gasteiger partial charge in [0.25, 0.3) is 0 Å². The molecule has 2 bridgehead atoms. The molecule has 84 valence electrons. The van der Waals surface area contributed by atoms with Gasteiger partial charge in [0.1, 0.15) is 12.4 Å². The van der Waals surface area contributed by atoms with Gasteiger partial charge in [-0.3, -0.25) is 4.79 Å². The predicted octanol–water partition coefficient (Wildman–Crippen LogP) is 2.08. The van der Waals surface area contributed by atoms with Gasteiger partial charge in [0.05, 0.1) is 0 Å². The molecule has 1 N–H and O–H groups in total. The highest BCUT2D eigenvalue weighted by molar-refractivity contribution is 5.89. The molecule has 15 heavy (non-hydrogen) atoms. The van der Waals surface area contributed by atoms with Crippen LogP contribution in [0.1, 0.15) is 33.1 Å². The van der Waals surface area contributed by atoms with Gasteiger partial charge in [0, 0.05) is 17.3 Å². The normalized spacial score (nSPS) is 43.3. The molecule has 2 aliphatic rings. The third-order valence-electron chi connectivity index (χ3n) is 4.70. The van der Waals surface area contributed by atoms with Crippen LogP contribution in [-0.4, -0.2) is 23.7 Å². The first-order valence-electron chi connectivity index (χ1n) is 5.29. The number of ketones is 1. The van der Waals surface area contributed by atoms with Crippen molar-refractivity contribution >= 4 is 11.9 Å². The van der Waals surface area contributed by atoms with E-state index in [-0.39, 0.29) is 23.2 Å². The van der Waals surface area contributed by atoms with Crippen molar-refractivity contribution in [3.05, 3.63) is 0 Å². The van der Waals surface area contributed by atoms with E-state index in [0.717, 1.165) is 12.8 Å². The van der Waals surface area contributed by atoms with Crippen molar-refractivity contribution in [1.29, 1.82) is 0 Å². The number of hydrogen-bond donors (Lipinski definition) is 1. The van der Waals surface area contributed by atoms with Crippen LogP contribution < -0.4 is 0 Å². The second kappa shape index (κ2) is 2.97. The molecule has 0 saturated heterocycles. The molecule has 0 aliphatic heterocycles. The minimum absolute atomic E-state index is 0.148. The van der Waals surface area contributed by atoms with Crippen LogP contribution in [0.25, 0.3) is 0 Å². The summed E-state index contributed by atoms with van der Waals surface area (Å²) in [4.78, 5) is 22.2. The van der Waals surface area contributed by atoms with Gasteiger partial charge in [0.2, 0.25) is 0 Å². The Morgan fingerprint density at radius 2 is 2.27 bits per heavy atom. The van der Waals surface area contributed by atoms with Crippen LogP contribution in [-0.2, 0) is 9.53 Å². The van der Waals surface area contributed by atoms with E-state index in [1.807, 2.05) is 13.8 Å². The van der Waals surface area contributed by atoms with E-state index < -0.39 is 6.16 Å². The van der Waals surface area contributed by atoms with Crippen LogP contribution in [0.3, 0.4) is 0 Å². The molecule has 0 aromatic rings. The lowest BCUT2D eigenvalue weighted by Crippen LogP contribution is -2.39. The largest absolute Gasteiger partial charge is 0.505 e. The third-order valence-corrected chi connectivity index (χ3v) is 4.70. The molecule has 4 heteroatoms. The van der Waals surface area contributed by atoms with Gasteiger partial charge in [0.15, 0.2) is 0 Å². The maximum atomic E-state index is 11.8. The molecule has 3 unspecified atom stereocenters. The molecule has 2 saturated carbocycles. The van der Waals surface area contributed by atoms with Gasteiger partial charge in [-0.1, -0.05) is 13.8 Å². The summed E-state index contributed by atoms with van der Waals surface area (Å²) < 4.78 is 4.69. The number of carboxylic acid groups (broad SMARTS) is 1. The fraction of sp³-hybridized carbons (Fsp3) is 0.818. The zero-order chi connectivity index (χ0) is 11.3. The van der Waals surface area contributed by atoms with E-state index in [1.54, 1.807) is 0 Å². The molecule has 0 heterocycles. The van der Waals surface area contributed by atoms with Crippen molar-refractivity contribution in [2.45, 2.75) is 33.1 Å². The van der Waals surface area contributed by atoms with Crippen LogP contribution in [0, 0.1) is 16.7 Å². The van der Waals surface area contributed by atoms with Crippen LogP contribution in [0.2, 0.25) is 0 Å². The third kappa shape index (κ3) is 1.20. The van der Waals surface area contributed by atoms with Gasteiger partial charge < -0.3 is 9.84 Å². The molecular formula is C11H16O4. The highest BCUT2D eigenvalue weighted by atomic mass is 16.7. The molecular weight excluding hydrogens is 196 g/mol. The van der Waals surface area contributed by atoms with Crippen LogP contribution in [0.5, 0.6) is 0 Å². The smallest absolute Gasteiger partial charge is 0.450 e. The SMILES string of the molecule is CC12CCC(CC1=O)C2(C)COC(=O)O. The Hall–Kier alpha value is -1.06. The summed E-state index contributed by atoms with van der Waals surface area (Å²) in [5.74, 6) is 0.574. The number of Topliss-reactive ketones (excluding diaryl/α,β-unsaturated/α-hetero) is 1. The maximum absolute atomic E-state index is 11.8. The van der Waals surface area contributed by atoms with Gasteiger partial charge in [-0.2, -0.15) is 0 Å². The average Bonchev–Trinajstić information content (AvgIpc) is 2.50. The Labute approximate surface area is 88.6 Å². The maximum Gasteiger partial charge on any atom is 0.505 e. The number of carbonyl (C=O) groups excluding carboxylic acids is 1. The van der Waals surface area contributed by atoms with Crippen molar-refractivity contribution in [2.24, 2.45) is 16.7 Å². The molecule has 0 aromatic carbocycles. The first-order chi connectivity index (χ1) is 6.90. The molecule has 0 spiro atoms. The highest BCUT2D eigenvalue weighted by Gasteiger charge is 2.64. The van der Waals surface area contributed by atoms with Gasteiger partial charge >= 0.3 is 6.16 Å². The minimum Gasteiger partial charge on any atom is -0.450 e. The summed E-state index contributed by atoms with van der Waals surface area (Å²) in [5.41, 5.74) is -0.657. The van der Waals surface area contributed by atoms with Crippen molar-refractivity contribution in [1.82, 2.24) is 0 Å². The zero-order valence-corrected chi connectivity index (χ0v) is 9.08. The number of ether oxygens (including phenoxy) is 1. The second-order valence-electron chi connectivity index (χ2n) is 5.17. The Balaban J connectivity index is 2.21. The summed E-state index contributed by atoms with van der Waals surface area (Å²) >= 11 is 0. The van der Waals surface area contributed by atoms with Crippen LogP contribution in [0.4, 0.5) is 4.79 Å². The minimum atomic E-state index is -1.25. The van der Waals surface area contributed by atoms with Crippen LogP contribution in [0.15, 0.2) is 0 Å². The Kier molecular flexibility index (Phi) is 2.07. The monoisotopic (exact) mass is 212 g/mol. The predicted molar refractivity (Wildman–Crippen MR) is 52.5 cm³/mol. The Morgan fingerprint density at radius 3 is 2.67 bits per heavy atom. The van der Waals surface area contributed by atoms with E-state index in [0.29, 0.717) is 12.3 Å². The fourth-order valence-corrected chi connectivity index (χ4v) is 3.24. The fourth-order valence-electron chi connectivity index (χ4n) is 3.24. The summed E-state index contributed by atoms with van der Waals surface area (Å²) in [6, 6.07) is 0. The van der Waals surface area contributed by atoms with E-state index in [9.17, 15) is 9.59 Å². The Bertz CT molecular complexity index is 325. The average molecular weight is 212 g/mol. The number of hydrogen-bond acceptors (Lipinski definition) is 3. The molecule has 0 amide bonds. The molecule has 3 atom stereocenters. The van der Waals surface area contributed by atoms with E-state index in [1.165, 1.54) is 0 Å². The summed E-state index contributed by atoms with van der Waals surface area (Å²) in [6.45, 7) is 4.08. The molecule has 0 radical (unpaired) electrons. The number of fused-ring (bicyclic) bond motifs is 2. The van der Waals surface area contributed by atoms with Crippen molar-refractivity contribution in [3.63, 3.8) is 0 Å². The van der Waals surface area contributed by atoms with Gasteiger partial charge in [-0.15, -0.1) is 0 Å². The lowest BCUT2D eigenvalue weighted by molar-refractivity contribution is -0.129. The first-order valence-corrected chi connectivity index (χ1v) is 5.29. The molecule has 0 aromatic heterocycles.